The van der Waals surface area contributed by atoms with Crippen molar-refractivity contribution in [3.63, 3.8) is 0 Å². The van der Waals surface area contributed by atoms with Crippen molar-refractivity contribution >= 4 is 5.69 Å². The average Bonchev–Trinajstić information content (AvgIpc) is 2.45. The summed E-state index contributed by atoms with van der Waals surface area (Å²) in [5.74, 6) is 0.453. The van der Waals surface area contributed by atoms with Crippen LogP contribution in [0, 0.1) is 17.2 Å². The predicted octanol–water partition coefficient (Wildman–Crippen LogP) is 4.07. The van der Waals surface area contributed by atoms with Crippen molar-refractivity contribution in [1.29, 1.82) is 0 Å². The molecule has 1 aromatic carbocycles. The van der Waals surface area contributed by atoms with Gasteiger partial charge in [0.15, 0.2) is 0 Å². The maximum absolute atomic E-state index is 14.1. The van der Waals surface area contributed by atoms with E-state index in [1.165, 1.54) is 19.3 Å². The van der Waals surface area contributed by atoms with Crippen LogP contribution >= 0.6 is 0 Å². The van der Waals surface area contributed by atoms with E-state index < -0.39 is 0 Å². The summed E-state index contributed by atoms with van der Waals surface area (Å²) in [5.41, 5.74) is 1.05. The first-order valence-electron chi connectivity index (χ1n) is 8.16. The molecule has 1 N–H and O–H groups in total. The lowest BCUT2D eigenvalue weighted by Crippen LogP contribution is -2.51. The first-order valence-corrected chi connectivity index (χ1v) is 8.16. The monoisotopic (exact) mass is 292 g/mol. The van der Waals surface area contributed by atoms with Crippen LogP contribution in [0.3, 0.4) is 0 Å². The molecular weight excluding hydrogens is 263 g/mol. The van der Waals surface area contributed by atoms with Gasteiger partial charge in [0.05, 0.1) is 5.69 Å². The van der Waals surface area contributed by atoms with Gasteiger partial charge in [-0.3, -0.25) is 0 Å². The number of hydrogen-bond donors (Lipinski definition) is 1. The van der Waals surface area contributed by atoms with Crippen LogP contribution in [0.15, 0.2) is 24.3 Å². The van der Waals surface area contributed by atoms with Crippen LogP contribution in [0.4, 0.5) is 10.1 Å². The molecule has 0 radical (unpaired) electrons. The molecule has 0 amide bonds. The van der Waals surface area contributed by atoms with Gasteiger partial charge in [0.25, 0.3) is 0 Å². The van der Waals surface area contributed by atoms with Gasteiger partial charge in [0.1, 0.15) is 5.82 Å². The first kappa shape index (κ1) is 16.3. The van der Waals surface area contributed by atoms with Crippen LogP contribution < -0.4 is 10.2 Å². The maximum Gasteiger partial charge on any atom is 0.146 e. The van der Waals surface area contributed by atoms with Crippen molar-refractivity contribution in [2.45, 2.75) is 46.1 Å². The highest BCUT2D eigenvalue weighted by Gasteiger charge is 2.38. The summed E-state index contributed by atoms with van der Waals surface area (Å²) in [4.78, 5) is 2.19. The summed E-state index contributed by atoms with van der Waals surface area (Å²) in [7, 11) is 2.06. The molecule has 3 heteroatoms. The Balaban J connectivity index is 2.16. The molecular formula is C18H29FN2. The van der Waals surface area contributed by atoms with Crippen molar-refractivity contribution in [2.75, 3.05) is 25.0 Å². The fourth-order valence-electron chi connectivity index (χ4n) is 3.99. The highest BCUT2D eigenvalue weighted by Crippen LogP contribution is 2.39. The molecule has 118 valence electrons. The Morgan fingerprint density at radius 2 is 2.05 bits per heavy atom. The van der Waals surface area contributed by atoms with Crippen molar-refractivity contribution in [3.8, 4) is 0 Å². The molecule has 2 atom stereocenters. The van der Waals surface area contributed by atoms with Crippen LogP contribution in [0.25, 0.3) is 0 Å². The Bertz CT molecular complexity index is 458. The Hall–Kier alpha value is -1.09. The largest absolute Gasteiger partial charge is 0.369 e. The van der Waals surface area contributed by atoms with E-state index in [0.717, 1.165) is 18.8 Å². The van der Waals surface area contributed by atoms with E-state index in [1.807, 2.05) is 12.1 Å². The minimum atomic E-state index is -0.115. The average molecular weight is 292 g/mol. The lowest BCUT2D eigenvalue weighted by Gasteiger charge is -2.45. The van der Waals surface area contributed by atoms with Crippen LogP contribution in [0.5, 0.6) is 0 Å². The number of benzene rings is 1. The van der Waals surface area contributed by atoms with Gasteiger partial charge >= 0.3 is 0 Å². The second-order valence-corrected chi connectivity index (χ2v) is 6.90. The van der Waals surface area contributed by atoms with Crippen LogP contribution in [-0.4, -0.2) is 26.2 Å². The van der Waals surface area contributed by atoms with E-state index in [4.69, 9.17) is 0 Å². The molecule has 1 saturated carbocycles. The van der Waals surface area contributed by atoms with Gasteiger partial charge in [0.2, 0.25) is 0 Å². The standard InChI is InChI=1S/C18H29FN2/c1-5-21(16-11-7-6-10-15(16)19)13-14-9-8-12-18(2,3)17(14)20-4/h6-7,10-11,14,17,20H,5,8-9,12-13H2,1-4H3. The van der Waals surface area contributed by atoms with Gasteiger partial charge in [0, 0.05) is 19.1 Å². The highest BCUT2D eigenvalue weighted by molar-refractivity contribution is 5.47. The quantitative estimate of drug-likeness (QED) is 0.880. The highest BCUT2D eigenvalue weighted by atomic mass is 19.1. The number of nitrogens with one attached hydrogen (secondary N) is 1. The van der Waals surface area contributed by atoms with Crippen molar-refractivity contribution in [1.82, 2.24) is 5.32 Å². The zero-order valence-corrected chi connectivity index (χ0v) is 13.8. The molecule has 2 nitrogen and oxygen atoms in total. The predicted molar refractivity (Wildman–Crippen MR) is 88.3 cm³/mol. The minimum Gasteiger partial charge on any atom is -0.369 e. The fourth-order valence-corrected chi connectivity index (χ4v) is 3.99. The molecule has 1 aromatic rings. The van der Waals surface area contributed by atoms with Gasteiger partial charge in [-0.1, -0.05) is 32.4 Å². The van der Waals surface area contributed by atoms with E-state index >= 15 is 0 Å². The summed E-state index contributed by atoms with van der Waals surface area (Å²) in [6, 6.07) is 7.61. The molecule has 0 aromatic heterocycles. The molecule has 1 aliphatic rings. The molecule has 0 aliphatic heterocycles. The number of halogens is 1. The number of anilines is 1. The third-order valence-electron chi connectivity index (χ3n) is 5.05. The zero-order valence-electron chi connectivity index (χ0n) is 13.8. The molecule has 0 saturated heterocycles. The van der Waals surface area contributed by atoms with Gasteiger partial charge in [-0.15, -0.1) is 0 Å². The Kier molecular flexibility index (Phi) is 5.26. The van der Waals surface area contributed by atoms with Gasteiger partial charge in [-0.05, 0) is 50.3 Å². The molecule has 1 fully saturated rings. The summed E-state index contributed by atoms with van der Waals surface area (Å²) in [6.07, 6.45) is 3.76. The maximum atomic E-state index is 14.1. The normalized spacial score (nSPS) is 24.8. The molecule has 2 rings (SSSR count). The Morgan fingerprint density at radius 3 is 2.67 bits per heavy atom. The number of para-hydroxylation sites is 1. The van der Waals surface area contributed by atoms with E-state index in [0.29, 0.717) is 17.4 Å². The lowest BCUT2D eigenvalue weighted by atomic mass is 9.68. The summed E-state index contributed by atoms with van der Waals surface area (Å²) < 4.78 is 14.1. The summed E-state index contributed by atoms with van der Waals surface area (Å²) >= 11 is 0. The third kappa shape index (κ3) is 3.57. The first-order chi connectivity index (χ1) is 9.99. The third-order valence-corrected chi connectivity index (χ3v) is 5.05. The SMILES string of the molecule is CCN(CC1CCCC(C)(C)C1NC)c1ccccc1F. The lowest BCUT2D eigenvalue weighted by molar-refractivity contribution is 0.117. The van der Waals surface area contributed by atoms with E-state index in [2.05, 4.69) is 38.0 Å². The molecule has 2 unspecified atom stereocenters. The van der Waals surface area contributed by atoms with Gasteiger partial charge in [-0.2, -0.15) is 0 Å². The topological polar surface area (TPSA) is 15.3 Å². The number of rotatable bonds is 5. The second kappa shape index (κ2) is 6.78. The zero-order chi connectivity index (χ0) is 15.5. The van der Waals surface area contributed by atoms with E-state index in [-0.39, 0.29) is 5.82 Å². The molecule has 0 heterocycles. The van der Waals surface area contributed by atoms with Crippen LogP contribution in [-0.2, 0) is 0 Å². The summed E-state index contributed by atoms with van der Waals surface area (Å²) in [5, 5.41) is 3.52. The summed E-state index contributed by atoms with van der Waals surface area (Å²) in [6.45, 7) is 8.56. The van der Waals surface area contributed by atoms with Gasteiger partial charge in [-0.25, -0.2) is 4.39 Å². The molecule has 1 aliphatic carbocycles. The smallest absolute Gasteiger partial charge is 0.146 e. The Labute approximate surface area is 128 Å². The molecule has 21 heavy (non-hydrogen) atoms. The van der Waals surface area contributed by atoms with Gasteiger partial charge < -0.3 is 10.2 Å². The van der Waals surface area contributed by atoms with E-state index in [1.54, 1.807) is 12.1 Å². The Morgan fingerprint density at radius 1 is 1.33 bits per heavy atom. The van der Waals surface area contributed by atoms with Crippen molar-refractivity contribution in [3.05, 3.63) is 30.1 Å². The number of hydrogen-bond acceptors (Lipinski definition) is 2. The van der Waals surface area contributed by atoms with Crippen molar-refractivity contribution < 1.29 is 4.39 Å². The molecule has 0 bridgehead atoms. The fraction of sp³-hybridized carbons (Fsp3) is 0.667. The van der Waals surface area contributed by atoms with Crippen LogP contribution in [0.1, 0.15) is 40.0 Å². The number of nitrogens with zero attached hydrogens (tertiary/aromatic N) is 1. The van der Waals surface area contributed by atoms with Crippen molar-refractivity contribution in [2.24, 2.45) is 11.3 Å². The second-order valence-electron chi connectivity index (χ2n) is 6.90. The van der Waals surface area contributed by atoms with Crippen LogP contribution in [0.2, 0.25) is 0 Å². The minimum absolute atomic E-state index is 0.115. The molecule has 0 spiro atoms. The van der Waals surface area contributed by atoms with E-state index in [9.17, 15) is 4.39 Å².